The fourth-order valence-electron chi connectivity index (χ4n) is 6.45. The molecule has 0 spiro atoms. The molecular weight excluding hydrogens is 727 g/mol. The first-order valence-corrected chi connectivity index (χ1v) is 18.4. The Labute approximate surface area is 328 Å². The topological polar surface area (TPSA) is 0 Å². The van der Waals surface area contributed by atoms with E-state index in [9.17, 15) is 0 Å². The summed E-state index contributed by atoms with van der Waals surface area (Å²) in [6.07, 6.45) is 0.942. The van der Waals surface area contributed by atoms with Gasteiger partial charge >= 0.3 is 63.8 Å². The molecule has 0 bridgehead atoms. The van der Waals surface area contributed by atoms with Crippen LogP contribution in [0.2, 0.25) is 0 Å². The second-order valence-electron chi connectivity index (χ2n) is 14.8. The van der Waals surface area contributed by atoms with Crippen LogP contribution in [0.15, 0.2) is 127 Å². The third-order valence-corrected chi connectivity index (χ3v) is 9.87. The molecule has 50 heavy (non-hydrogen) atoms. The third kappa shape index (κ3) is 9.76. The molecule has 256 valence electrons. The van der Waals surface area contributed by atoms with Gasteiger partial charge in [0.15, 0.2) is 0 Å². The predicted molar refractivity (Wildman–Crippen MR) is 205 cm³/mol. The minimum Gasteiger partial charge on any atom is -0.214 e. The zero-order valence-corrected chi connectivity index (χ0v) is 34.6. The van der Waals surface area contributed by atoms with E-state index in [-0.39, 0.29) is 35.6 Å². The Hall–Kier alpha value is -3.22. The number of benzene rings is 5. The van der Waals surface area contributed by atoms with Crippen LogP contribution in [-0.2, 0) is 41.5 Å². The zero-order valence-electron chi connectivity index (χ0n) is 30.7. The molecule has 0 fully saturated rings. The van der Waals surface area contributed by atoms with Gasteiger partial charge in [-0.3, -0.25) is 0 Å². The van der Waals surface area contributed by atoms with Crippen molar-refractivity contribution in [1.82, 2.24) is 0 Å². The van der Waals surface area contributed by atoms with E-state index >= 15 is 0 Å². The maximum Gasteiger partial charge on any atom is -0.172 e. The van der Waals surface area contributed by atoms with Crippen LogP contribution in [0.4, 0.5) is 0 Å². The Morgan fingerprint density at radius 1 is 0.580 bits per heavy atom. The quantitative estimate of drug-likeness (QED) is 0.183. The summed E-state index contributed by atoms with van der Waals surface area (Å²) in [4.78, 5) is 0. The van der Waals surface area contributed by atoms with E-state index in [1.54, 1.807) is 0 Å². The predicted octanol–water partition coefficient (Wildman–Crippen LogP) is 6.40. The maximum absolute atomic E-state index is 3.93. The smallest absolute Gasteiger partial charge is 0.172 e. The van der Waals surface area contributed by atoms with Gasteiger partial charge in [0.2, 0.25) is 0 Å². The SMILES string of the molecule is Cc1ccccc1-c1[c-]c2c(cc1C(C)(C)C)-c1cc(C(C)(C)C)c(-c3ccccc3C)cc1C2.[Cl-].[Cl-].[Zr+2]=[CH]c1ccccc1.c1cc[cH-]c1. The number of hydrogen-bond donors (Lipinski definition) is 0. The molecule has 3 heteroatoms. The summed E-state index contributed by atoms with van der Waals surface area (Å²) in [5, 5.41) is 0. The molecule has 0 atom stereocenters. The van der Waals surface area contributed by atoms with Crippen LogP contribution in [0, 0.1) is 19.9 Å². The number of halogens is 2. The van der Waals surface area contributed by atoms with Gasteiger partial charge in [0.1, 0.15) is 0 Å². The van der Waals surface area contributed by atoms with Gasteiger partial charge in [-0.1, -0.05) is 124 Å². The van der Waals surface area contributed by atoms with Crippen molar-refractivity contribution in [3.63, 3.8) is 0 Å². The number of fused-ring (bicyclic) bond motifs is 3. The van der Waals surface area contributed by atoms with Gasteiger partial charge in [-0.05, 0) is 58.9 Å². The second kappa shape index (κ2) is 17.8. The summed E-state index contributed by atoms with van der Waals surface area (Å²) in [6.45, 7) is 18.4. The van der Waals surface area contributed by atoms with Crippen LogP contribution >= 0.6 is 0 Å². The van der Waals surface area contributed by atoms with Crippen LogP contribution in [-0.4, -0.2) is 3.71 Å². The van der Waals surface area contributed by atoms with E-state index in [0.717, 1.165) is 6.42 Å². The molecule has 1 aliphatic carbocycles. The molecule has 7 rings (SSSR count). The standard InChI is InChI=1S/C35H37.C7H6.C5H5.2ClH.Zr/c1-22-13-9-11-15-26(22)30-18-24-17-25-19-31(27-16-12-10-14-23(27)2)33(35(6,7)8)21-29(25)28(24)20-32(30)34(3,4)5;1-7-5-3-2-4-6-7;1-2-4-5-3-1;;;/h9-16,18,20-21H,17H2,1-8H3;1-6H;1-5H;2*1H;/q-1;;-1;;;+2/p-2. The van der Waals surface area contributed by atoms with Gasteiger partial charge in [0.25, 0.3) is 0 Å². The summed E-state index contributed by atoms with van der Waals surface area (Å²) in [5.74, 6) is 0. The number of hydrogen-bond acceptors (Lipinski definition) is 0. The zero-order chi connectivity index (χ0) is 34.5. The van der Waals surface area contributed by atoms with Crippen LogP contribution in [0.5, 0.6) is 0 Å². The summed E-state index contributed by atoms with van der Waals surface area (Å²) in [7, 11) is 0. The molecule has 0 N–H and O–H groups in total. The van der Waals surface area contributed by atoms with Crippen molar-refractivity contribution in [3.05, 3.63) is 172 Å². The minimum atomic E-state index is 0. The molecule has 0 heterocycles. The van der Waals surface area contributed by atoms with Gasteiger partial charge < -0.3 is 24.8 Å². The fourth-order valence-corrected chi connectivity index (χ4v) is 6.92. The van der Waals surface area contributed by atoms with Gasteiger partial charge in [-0.2, -0.15) is 18.2 Å². The Balaban J connectivity index is 0.000000377. The van der Waals surface area contributed by atoms with Crippen molar-refractivity contribution < 1.29 is 49.0 Å². The molecule has 0 unspecified atom stereocenters. The Bertz CT molecular complexity index is 1860. The first kappa shape index (κ1) is 41.2. The van der Waals surface area contributed by atoms with Crippen LogP contribution < -0.4 is 24.8 Å². The molecule has 0 nitrogen and oxygen atoms in total. The van der Waals surface area contributed by atoms with Crippen molar-refractivity contribution in [1.29, 1.82) is 0 Å². The average molecular weight is 775 g/mol. The number of aryl methyl sites for hydroxylation is 2. The third-order valence-electron chi connectivity index (χ3n) is 9.05. The largest absolute Gasteiger partial charge is 0.214 e. The van der Waals surface area contributed by atoms with Gasteiger partial charge in [0, 0.05) is 0 Å². The molecule has 0 aliphatic heterocycles. The monoisotopic (exact) mass is 772 g/mol. The van der Waals surface area contributed by atoms with E-state index in [4.69, 9.17) is 0 Å². The minimum absolute atomic E-state index is 0. The van der Waals surface area contributed by atoms with E-state index in [1.807, 2.05) is 36.4 Å². The summed E-state index contributed by atoms with van der Waals surface area (Å²) in [5.41, 5.74) is 17.6. The number of rotatable bonds is 3. The van der Waals surface area contributed by atoms with Crippen molar-refractivity contribution >= 4 is 3.71 Å². The van der Waals surface area contributed by atoms with Gasteiger partial charge in [-0.15, -0.1) is 28.8 Å². The van der Waals surface area contributed by atoms with Crippen LogP contribution in [0.3, 0.4) is 0 Å². The molecule has 0 radical (unpaired) electrons. The van der Waals surface area contributed by atoms with Crippen molar-refractivity contribution in [2.24, 2.45) is 0 Å². The molecule has 0 saturated carbocycles. The average Bonchev–Trinajstić information content (AvgIpc) is 3.76. The van der Waals surface area contributed by atoms with E-state index in [0.29, 0.717) is 0 Å². The summed E-state index contributed by atoms with van der Waals surface area (Å²) in [6, 6.07) is 49.2. The van der Waals surface area contributed by atoms with Crippen molar-refractivity contribution in [2.45, 2.75) is 72.6 Å². The summed E-state index contributed by atoms with van der Waals surface area (Å²) >= 11 is 1.46. The van der Waals surface area contributed by atoms with E-state index < -0.39 is 0 Å². The van der Waals surface area contributed by atoms with E-state index in [1.165, 1.54) is 96.6 Å². The first-order valence-electron chi connectivity index (χ1n) is 17.0. The molecular formula is C47H48Cl2Zr-2. The molecule has 6 aromatic rings. The first-order chi connectivity index (χ1) is 22.9. The Morgan fingerprint density at radius 2 is 1.10 bits per heavy atom. The fraction of sp³-hybridized carbons (Fsp3) is 0.234. The van der Waals surface area contributed by atoms with Gasteiger partial charge in [-0.25, -0.2) is 12.1 Å². The van der Waals surface area contributed by atoms with Crippen molar-refractivity contribution in [2.75, 3.05) is 0 Å². The van der Waals surface area contributed by atoms with Gasteiger partial charge in [0.05, 0.1) is 0 Å². The molecule has 0 amide bonds. The molecule has 0 aromatic heterocycles. The molecule has 1 aliphatic rings. The van der Waals surface area contributed by atoms with Crippen LogP contribution in [0.25, 0.3) is 33.4 Å². The summed E-state index contributed by atoms with van der Waals surface area (Å²) < 4.78 is 2.17. The Kier molecular flexibility index (Phi) is 14.7. The van der Waals surface area contributed by atoms with E-state index in [2.05, 4.69) is 156 Å². The molecule has 0 saturated heterocycles. The normalized spacial score (nSPS) is 11.3. The van der Waals surface area contributed by atoms with Crippen LogP contribution in [0.1, 0.15) is 80.5 Å². The Morgan fingerprint density at radius 3 is 1.58 bits per heavy atom. The van der Waals surface area contributed by atoms with Crippen molar-refractivity contribution in [3.8, 4) is 33.4 Å². The maximum atomic E-state index is 3.93. The second-order valence-corrected chi connectivity index (χ2v) is 15.5. The molecule has 6 aromatic carbocycles.